The maximum absolute atomic E-state index is 12.9. The summed E-state index contributed by atoms with van der Waals surface area (Å²) < 4.78 is 52.2. The van der Waals surface area contributed by atoms with Gasteiger partial charge in [-0.05, 0) is 48.8 Å². The van der Waals surface area contributed by atoms with Gasteiger partial charge >= 0.3 is 6.18 Å². The fourth-order valence-electron chi connectivity index (χ4n) is 3.97. The minimum absolute atomic E-state index is 0.0163. The summed E-state index contributed by atoms with van der Waals surface area (Å²) in [5.41, 5.74) is -0.609. The van der Waals surface area contributed by atoms with Crippen LogP contribution in [0.5, 0.6) is 5.75 Å². The topological polar surface area (TPSA) is 63.0 Å². The molecule has 0 N–H and O–H groups in total. The number of carbonyl (C=O) groups is 1. The van der Waals surface area contributed by atoms with Crippen molar-refractivity contribution in [1.29, 1.82) is 0 Å². The molecule has 6 nitrogen and oxygen atoms in total. The summed E-state index contributed by atoms with van der Waals surface area (Å²) in [6.07, 6.45) is 0.817. The normalized spacial score (nSPS) is 17.6. The lowest BCUT2D eigenvalue weighted by Gasteiger charge is -2.29. The number of benzene rings is 1. The van der Waals surface area contributed by atoms with Crippen LogP contribution in [0.2, 0.25) is 0 Å². The van der Waals surface area contributed by atoms with Gasteiger partial charge in [-0.25, -0.2) is 0 Å². The Labute approximate surface area is 187 Å². The molecule has 2 aliphatic rings. The quantitative estimate of drug-likeness (QED) is 0.593. The van der Waals surface area contributed by atoms with Crippen molar-refractivity contribution in [3.8, 4) is 5.75 Å². The molecule has 4 rings (SSSR count). The third-order valence-corrected chi connectivity index (χ3v) is 6.70. The van der Waals surface area contributed by atoms with E-state index in [0.717, 1.165) is 38.1 Å². The van der Waals surface area contributed by atoms with E-state index >= 15 is 0 Å². The van der Waals surface area contributed by atoms with Gasteiger partial charge in [0.1, 0.15) is 12.0 Å². The minimum atomic E-state index is -4.47. The highest BCUT2D eigenvalue weighted by atomic mass is 32.2. The highest BCUT2D eigenvalue weighted by Crippen LogP contribution is 2.33. The van der Waals surface area contributed by atoms with Crippen molar-refractivity contribution in [2.45, 2.75) is 32.1 Å². The summed E-state index contributed by atoms with van der Waals surface area (Å²) in [5.74, 6) is 0.341. The van der Waals surface area contributed by atoms with E-state index in [1.807, 2.05) is 0 Å². The first-order chi connectivity index (χ1) is 15.2. The number of nitrogens with zero attached hydrogens (tertiary/aromatic N) is 2. The van der Waals surface area contributed by atoms with Gasteiger partial charge in [0.05, 0.1) is 18.7 Å². The minimum Gasteiger partial charge on any atom is -0.486 e. The molecule has 3 heterocycles. The Hall–Kier alpha value is -2.46. The van der Waals surface area contributed by atoms with E-state index in [-0.39, 0.29) is 35.6 Å². The van der Waals surface area contributed by atoms with E-state index in [9.17, 15) is 22.8 Å². The maximum atomic E-state index is 12.9. The Kier molecular flexibility index (Phi) is 6.52. The van der Waals surface area contributed by atoms with E-state index in [1.165, 1.54) is 23.3 Å². The summed E-state index contributed by atoms with van der Waals surface area (Å²) in [4.78, 5) is 26.3. The average Bonchev–Trinajstić information content (AvgIpc) is 3.07. The number of piperidine rings is 1. The summed E-state index contributed by atoms with van der Waals surface area (Å²) in [6.45, 7) is 2.42. The van der Waals surface area contributed by atoms with Crippen LogP contribution in [0, 0.1) is 5.92 Å². The van der Waals surface area contributed by atoms with Crippen molar-refractivity contribution in [3.05, 3.63) is 63.2 Å². The highest BCUT2D eigenvalue weighted by molar-refractivity contribution is 7.96. The van der Waals surface area contributed by atoms with E-state index in [4.69, 9.17) is 9.15 Å². The van der Waals surface area contributed by atoms with Crippen molar-refractivity contribution in [1.82, 2.24) is 9.21 Å². The molecule has 0 atom stereocenters. The predicted molar refractivity (Wildman–Crippen MR) is 113 cm³/mol. The van der Waals surface area contributed by atoms with Crippen LogP contribution in [-0.4, -0.2) is 41.1 Å². The number of hydrogen-bond acceptors (Lipinski definition) is 6. The van der Waals surface area contributed by atoms with Gasteiger partial charge in [0.2, 0.25) is 11.2 Å². The molecule has 0 saturated carbocycles. The molecule has 0 unspecified atom stereocenters. The van der Waals surface area contributed by atoms with Crippen molar-refractivity contribution in [2.75, 3.05) is 26.0 Å². The van der Waals surface area contributed by atoms with Crippen LogP contribution in [-0.2, 0) is 19.3 Å². The Balaban J connectivity index is 1.36. The van der Waals surface area contributed by atoms with Gasteiger partial charge in [-0.3, -0.25) is 13.9 Å². The second-order valence-electron chi connectivity index (χ2n) is 7.97. The molecule has 1 aromatic carbocycles. The lowest BCUT2D eigenvalue weighted by atomic mass is 9.99. The van der Waals surface area contributed by atoms with Crippen molar-refractivity contribution >= 4 is 17.9 Å². The molecule has 0 spiro atoms. The second kappa shape index (κ2) is 9.19. The molecule has 1 amide bonds. The molecule has 2 aromatic rings. The van der Waals surface area contributed by atoms with E-state index in [2.05, 4.69) is 10.6 Å². The van der Waals surface area contributed by atoms with Crippen LogP contribution < -0.4 is 10.2 Å². The Morgan fingerprint density at radius 3 is 2.59 bits per heavy atom. The Morgan fingerprint density at radius 2 is 1.94 bits per heavy atom. The molecule has 0 radical (unpaired) electrons. The second-order valence-corrected chi connectivity index (χ2v) is 8.85. The highest BCUT2D eigenvalue weighted by Gasteiger charge is 2.34. The van der Waals surface area contributed by atoms with Crippen LogP contribution in [0.1, 0.15) is 40.1 Å². The van der Waals surface area contributed by atoms with Crippen molar-refractivity contribution < 1.29 is 27.1 Å². The molecule has 10 heteroatoms. The number of carbonyl (C=O) groups excluding carboxylic acids is 1. The first-order valence-corrected chi connectivity index (χ1v) is 11.5. The number of rotatable bonds is 6. The number of halogens is 3. The number of hydrogen-bond donors (Lipinski definition) is 0. The van der Waals surface area contributed by atoms with E-state index < -0.39 is 17.6 Å². The molecule has 32 heavy (non-hydrogen) atoms. The summed E-state index contributed by atoms with van der Waals surface area (Å²) in [7, 11) is 0. The molecule has 2 aliphatic heterocycles. The monoisotopic (exact) mass is 468 g/mol. The van der Waals surface area contributed by atoms with Gasteiger partial charge in [-0.15, -0.1) is 0 Å². The third-order valence-electron chi connectivity index (χ3n) is 5.82. The molecule has 0 bridgehead atoms. The number of alkyl halides is 3. The van der Waals surface area contributed by atoms with Gasteiger partial charge < -0.3 is 14.1 Å². The molecule has 0 aliphatic carbocycles. The van der Waals surface area contributed by atoms with Crippen LogP contribution in [0.15, 0.2) is 39.7 Å². The Bertz CT molecular complexity index is 1050. The van der Waals surface area contributed by atoms with Gasteiger partial charge in [-0.2, -0.15) is 13.2 Å². The van der Waals surface area contributed by atoms with Crippen molar-refractivity contribution in [2.24, 2.45) is 5.92 Å². The molecular weight excluding hydrogens is 445 g/mol. The summed E-state index contributed by atoms with van der Waals surface area (Å²) >= 11 is 1.73. The zero-order chi connectivity index (χ0) is 22.9. The smallest absolute Gasteiger partial charge is 0.416 e. The SMILES string of the molecule is CSN1CCC(COc2coc(CN3Cc4cc(C(F)(F)F)ccc4C3=O)cc2=O)CC1. The average molecular weight is 468 g/mol. The molecule has 172 valence electrons. The van der Waals surface area contributed by atoms with Crippen LogP contribution in [0.4, 0.5) is 13.2 Å². The summed E-state index contributed by atoms with van der Waals surface area (Å²) in [5, 5.41) is 0. The van der Waals surface area contributed by atoms with Gasteiger partial charge in [0.15, 0.2) is 0 Å². The first-order valence-electron chi connectivity index (χ1n) is 10.3. The van der Waals surface area contributed by atoms with Crippen LogP contribution >= 0.6 is 11.9 Å². The fourth-order valence-corrected chi connectivity index (χ4v) is 4.54. The van der Waals surface area contributed by atoms with Crippen LogP contribution in [0.25, 0.3) is 0 Å². The molecule has 1 fully saturated rings. The number of ether oxygens (including phenoxy) is 1. The third kappa shape index (κ3) is 4.96. The summed E-state index contributed by atoms with van der Waals surface area (Å²) in [6, 6.07) is 4.35. The zero-order valence-electron chi connectivity index (χ0n) is 17.5. The van der Waals surface area contributed by atoms with Gasteiger partial charge in [0.25, 0.3) is 5.91 Å². The standard InChI is InChI=1S/C22H23F3N2O4S/c1-32-27-6-4-14(5-7-27)12-31-20-13-30-17(9-19(20)28)11-26-10-15-8-16(22(23,24)25)2-3-18(15)21(26)29/h2-3,8-9,13-14H,4-7,10-12H2,1H3. The molecular formula is C22H23F3N2O4S. The molecule has 1 aromatic heterocycles. The lowest BCUT2D eigenvalue weighted by Crippen LogP contribution is -2.31. The maximum Gasteiger partial charge on any atom is 0.416 e. The van der Waals surface area contributed by atoms with E-state index in [0.29, 0.717) is 18.1 Å². The number of amides is 1. The first kappa shape index (κ1) is 22.7. The predicted octanol–water partition coefficient (Wildman–Crippen LogP) is 4.18. The van der Waals surface area contributed by atoms with Gasteiger partial charge in [0, 0.05) is 31.3 Å². The Morgan fingerprint density at radius 1 is 1.19 bits per heavy atom. The zero-order valence-corrected chi connectivity index (χ0v) is 18.3. The van der Waals surface area contributed by atoms with E-state index in [1.54, 1.807) is 11.9 Å². The largest absolute Gasteiger partial charge is 0.486 e. The molecule has 1 saturated heterocycles. The number of fused-ring (bicyclic) bond motifs is 1. The fraction of sp³-hybridized carbons (Fsp3) is 0.455. The van der Waals surface area contributed by atoms with Gasteiger partial charge in [-0.1, -0.05) is 11.9 Å². The van der Waals surface area contributed by atoms with Crippen LogP contribution in [0.3, 0.4) is 0 Å². The lowest BCUT2D eigenvalue weighted by molar-refractivity contribution is -0.137. The van der Waals surface area contributed by atoms with Crippen molar-refractivity contribution in [3.63, 3.8) is 0 Å².